The summed E-state index contributed by atoms with van der Waals surface area (Å²) in [5.74, 6) is -0.364. The van der Waals surface area contributed by atoms with Crippen molar-refractivity contribution < 1.29 is 4.39 Å². The van der Waals surface area contributed by atoms with Crippen LogP contribution in [-0.2, 0) is 0 Å². The van der Waals surface area contributed by atoms with E-state index in [4.69, 9.17) is 0 Å². The zero-order valence-electron chi connectivity index (χ0n) is 10.5. The van der Waals surface area contributed by atoms with E-state index in [1.165, 1.54) is 18.6 Å². The predicted octanol–water partition coefficient (Wildman–Crippen LogP) is 3.24. The van der Waals surface area contributed by atoms with Gasteiger partial charge in [0.25, 0.3) is 5.56 Å². The van der Waals surface area contributed by atoms with E-state index in [0.717, 1.165) is 5.56 Å². The zero-order valence-corrected chi connectivity index (χ0v) is 10.5. The van der Waals surface area contributed by atoms with Crippen LogP contribution in [0.5, 0.6) is 0 Å². The summed E-state index contributed by atoms with van der Waals surface area (Å²) < 4.78 is 14.2. The molecular weight excluding hydrogens is 255 g/mol. The molecule has 4 heteroatoms. The molecule has 1 N–H and O–H groups in total. The molecule has 0 aliphatic heterocycles. The second-order valence-corrected chi connectivity index (χ2v) is 4.36. The van der Waals surface area contributed by atoms with Crippen molar-refractivity contribution in [1.82, 2.24) is 9.97 Å². The molecule has 0 radical (unpaired) electrons. The van der Waals surface area contributed by atoms with E-state index in [1.807, 2.05) is 30.3 Å². The van der Waals surface area contributed by atoms with E-state index < -0.39 is 0 Å². The zero-order chi connectivity index (χ0) is 13.9. The number of aromatic nitrogens is 2. The van der Waals surface area contributed by atoms with Crippen LogP contribution in [0.3, 0.4) is 0 Å². The Balaban J connectivity index is 2.09. The SMILES string of the molecule is O=c1[nH]cncc1-c1ccc(-c2ccccc2)c(F)c1. The van der Waals surface area contributed by atoms with E-state index in [2.05, 4.69) is 9.97 Å². The summed E-state index contributed by atoms with van der Waals surface area (Å²) in [5, 5.41) is 0. The number of hydrogen-bond acceptors (Lipinski definition) is 2. The first-order chi connectivity index (χ1) is 9.75. The molecule has 0 saturated carbocycles. The fourth-order valence-corrected chi connectivity index (χ4v) is 2.08. The van der Waals surface area contributed by atoms with Gasteiger partial charge in [-0.15, -0.1) is 0 Å². The summed E-state index contributed by atoms with van der Waals surface area (Å²) in [6, 6.07) is 14.0. The number of rotatable bonds is 2. The van der Waals surface area contributed by atoms with Crippen LogP contribution in [0.15, 0.2) is 65.8 Å². The Morgan fingerprint density at radius 2 is 1.75 bits per heavy atom. The molecule has 0 aliphatic rings. The summed E-state index contributed by atoms with van der Waals surface area (Å²) in [5.41, 5.74) is 1.89. The molecule has 0 bridgehead atoms. The lowest BCUT2D eigenvalue weighted by atomic mass is 10.0. The number of aromatic amines is 1. The molecule has 0 atom stereocenters. The highest BCUT2D eigenvalue weighted by atomic mass is 19.1. The highest BCUT2D eigenvalue weighted by Crippen LogP contribution is 2.26. The Morgan fingerprint density at radius 3 is 2.45 bits per heavy atom. The van der Waals surface area contributed by atoms with Gasteiger partial charge in [-0.3, -0.25) is 4.79 Å². The molecule has 0 saturated heterocycles. The summed E-state index contributed by atoms with van der Waals surface area (Å²) in [7, 11) is 0. The standard InChI is InChI=1S/C16H11FN2O/c17-15-8-12(14-9-18-10-19-16(14)20)6-7-13(15)11-4-2-1-3-5-11/h1-10H,(H,18,19,20). The molecule has 1 heterocycles. The number of halogens is 1. The maximum atomic E-state index is 14.2. The van der Waals surface area contributed by atoms with Gasteiger partial charge < -0.3 is 4.98 Å². The van der Waals surface area contributed by atoms with Crippen LogP contribution < -0.4 is 5.56 Å². The first-order valence-electron chi connectivity index (χ1n) is 6.14. The van der Waals surface area contributed by atoms with Crippen LogP contribution in [0.25, 0.3) is 22.3 Å². The van der Waals surface area contributed by atoms with Crippen LogP contribution in [0.1, 0.15) is 0 Å². The summed E-state index contributed by atoms with van der Waals surface area (Å²) in [6.45, 7) is 0. The van der Waals surface area contributed by atoms with Crippen molar-refractivity contribution in [3.63, 3.8) is 0 Å². The molecule has 3 rings (SSSR count). The number of nitrogens with zero attached hydrogens (tertiary/aromatic N) is 1. The molecular formula is C16H11FN2O. The summed E-state index contributed by atoms with van der Waals surface area (Å²) >= 11 is 0. The Kier molecular flexibility index (Phi) is 3.13. The molecule has 0 aliphatic carbocycles. The van der Waals surface area contributed by atoms with Crippen molar-refractivity contribution in [3.8, 4) is 22.3 Å². The fourth-order valence-electron chi connectivity index (χ4n) is 2.08. The van der Waals surface area contributed by atoms with Gasteiger partial charge in [0.2, 0.25) is 0 Å². The normalized spacial score (nSPS) is 10.4. The average Bonchev–Trinajstić information content (AvgIpc) is 2.48. The Bertz CT molecular complexity index is 797. The highest BCUT2D eigenvalue weighted by molar-refractivity contribution is 5.70. The third kappa shape index (κ3) is 2.23. The van der Waals surface area contributed by atoms with Gasteiger partial charge in [-0.2, -0.15) is 0 Å². The van der Waals surface area contributed by atoms with Gasteiger partial charge >= 0.3 is 0 Å². The third-order valence-corrected chi connectivity index (χ3v) is 3.08. The lowest BCUT2D eigenvalue weighted by Gasteiger charge is -2.06. The minimum absolute atomic E-state index is 0.285. The highest BCUT2D eigenvalue weighted by Gasteiger charge is 2.09. The van der Waals surface area contributed by atoms with Crippen molar-refractivity contribution in [1.29, 1.82) is 0 Å². The van der Waals surface area contributed by atoms with Crippen LogP contribution in [0, 0.1) is 5.82 Å². The van der Waals surface area contributed by atoms with Gasteiger partial charge in [0.05, 0.1) is 11.9 Å². The van der Waals surface area contributed by atoms with Crippen molar-refractivity contribution in [3.05, 3.63) is 77.2 Å². The maximum Gasteiger partial charge on any atom is 0.258 e. The minimum atomic E-state index is -0.364. The van der Waals surface area contributed by atoms with Gasteiger partial charge in [0.15, 0.2) is 0 Å². The number of benzene rings is 2. The topological polar surface area (TPSA) is 45.8 Å². The van der Waals surface area contributed by atoms with E-state index in [-0.39, 0.29) is 11.4 Å². The largest absolute Gasteiger partial charge is 0.313 e. The molecule has 20 heavy (non-hydrogen) atoms. The molecule has 0 spiro atoms. The first-order valence-corrected chi connectivity index (χ1v) is 6.14. The van der Waals surface area contributed by atoms with E-state index >= 15 is 0 Å². The second kappa shape index (κ2) is 5.09. The Morgan fingerprint density at radius 1 is 0.950 bits per heavy atom. The van der Waals surface area contributed by atoms with Crippen LogP contribution in [0.2, 0.25) is 0 Å². The van der Waals surface area contributed by atoms with Gasteiger partial charge in [0, 0.05) is 11.8 Å². The molecule has 3 nitrogen and oxygen atoms in total. The fraction of sp³-hybridized carbons (Fsp3) is 0. The molecule has 2 aromatic carbocycles. The Hall–Kier alpha value is -2.75. The van der Waals surface area contributed by atoms with Crippen molar-refractivity contribution in [2.45, 2.75) is 0 Å². The smallest absolute Gasteiger partial charge is 0.258 e. The lowest BCUT2D eigenvalue weighted by Crippen LogP contribution is -2.08. The third-order valence-electron chi connectivity index (χ3n) is 3.08. The number of nitrogens with one attached hydrogen (secondary N) is 1. The summed E-state index contributed by atoms with van der Waals surface area (Å²) in [6.07, 6.45) is 2.73. The van der Waals surface area contributed by atoms with Crippen LogP contribution >= 0.6 is 0 Å². The van der Waals surface area contributed by atoms with Gasteiger partial charge in [-0.25, -0.2) is 9.37 Å². The number of hydrogen-bond donors (Lipinski definition) is 1. The molecule has 98 valence electrons. The van der Waals surface area contributed by atoms with Gasteiger partial charge in [-0.05, 0) is 17.2 Å². The van der Waals surface area contributed by atoms with E-state index in [9.17, 15) is 9.18 Å². The molecule has 1 aromatic heterocycles. The summed E-state index contributed by atoms with van der Waals surface area (Å²) in [4.78, 5) is 18.0. The maximum absolute atomic E-state index is 14.2. The predicted molar refractivity (Wildman–Crippen MR) is 75.7 cm³/mol. The average molecular weight is 266 g/mol. The van der Waals surface area contributed by atoms with E-state index in [0.29, 0.717) is 16.7 Å². The van der Waals surface area contributed by atoms with Gasteiger partial charge in [0.1, 0.15) is 5.82 Å². The molecule has 3 aromatic rings. The monoisotopic (exact) mass is 266 g/mol. The molecule has 0 unspecified atom stereocenters. The number of H-pyrrole nitrogens is 1. The van der Waals surface area contributed by atoms with Gasteiger partial charge in [-0.1, -0.05) is 42.5 Å². The second-order valence-electron chi connectivity index (χ2n) is 4.36. The van der Waals surface area contributed by atoms with Crippen molar-refractivity contribution >= 4 is 0 Å². The quantitative estimate of drug-likeness (QED) is 0.774. The Labute approximate surface area is 114 Å². The lowest BCUT2D eigenvalue weighted by molar-refractivity contribution is 0.632. The van der Waals surface area contributed by atoms with Crippen molar-refractivity contribution in [2.24, 2.45) is 0 Å². The van der Waals surface area contributed by atoms with Crippen molar-refractivity contribution in [2.75, 3.05) is 0 Å². The van der Waals surface area contributed by atoms with Crippen LogP contribution in [0.4, 0.5) is 4.39 Å². The first kappa shape index (κ1) is 12.3. The molecule has 0 fully saturated rings. The molecule has 0 amide bonds. The minimum Gasteiger partial charge on any atom is -0.313 e. The van der Waals surface area contributed by atoms with E-state index in [1.54, 1.807) is 12.1 Å². The van der Waals surface area contributed by atoms with Crippen LogP contribution in [-0.4, -0.2) is 9.97 Å².